The molecule has 6 nitrogen and oxygen atoms in total. The van der Waals surface area contributed by atoms with Crippen LogP contribution in [0.1, 0.15) is 67.3 Å². The van der Waals surface area contributed by atoms with E-state index in [2.05, 4.69) is 57.3 Å². The average molecular weight is 505 g/mol. The maximum atomic E-state index is 13.6. The van der Waals surface area contributed by atoms with Crippen molar-refractivity contribution in [3.8, 4) is 5.69 Å². The maximum absolute atomic E-state index is 13.6. The molecule has 36 heavy (non-hydrogen) atoms. The molecule has 1 N–H and O–H groups in total. The van der Waals surface area contributed by atoms with Gasteiger partial charge in [-0.1, -0.05) is 75.2 Å². The van der Waals surface area contributed by atoms with Crippen LogP contribution in [-0.2, 0) is 15.0 Å². The smallest absolute Gasteiger partial charge is 0.240 e. The van der Waals surface area contributed by atoms with Crippen molar-refractivity contribution < 1.29 is 9.59 Å². The molecule has 0 saturated heterocycles. The molecule has 3 aromatic rings. The first-order chi connectivity index (χ1) is 17.1. The summed E-state index contributed by atoms with van der Waals surface area (Å²) in [6.07, 6.45) is 0.839. The Labute approximate surface area is 218 Å². The summed E-state index contributed by atoms with van der Waals surface area (Å²) in [5, 5.41) is 7.99. The SMILES string of the molecule is CCCNC(=O)CN1C(=O)CSC(c2cccc(C)c2)c2c(C(C)(C)C)nn(-c3ccc(C)cc3)c21. The molecule has 4 rings (SSSR count). The zero-order valence-corrected chi connectivity index (χ0v) is 22.9. The Bertz CT molecular complexity index is 1260. The minimum atomic E-state index is -0.272. The fourth-order valence-corrected chi connectivity index (χ4v) is 5.69. The van der Waals surface area contributed by atoms with E-state index >= 15 is 0 Å². The quantitative estimate of drug-likeness (QED) is 0.483. The number of aromatic nitrogens is 2. The van der Waals surface area contributed by atoms with Gasteiger partial charge in [-0.3, -0.25) is 14.5 Å². The summed E-state index contributed by atoms with van der Waals surface area (Å²) in [6, 6.07) is 16.6. The Hall–Kier alpha value is -3.06. The summed E-state index contributed by atoms with van der Waals surface area (Å²) in [5.74, 6) is 0.726. The van der Waals surface area contributed by atoms with Crippen LogP contribution >= 0.6 is 11.8 Å². The lowest BCUT2D eigenvalue weighted by Crippen LogP contribution is -2.42. The monoisotopic (exact) mass is 504 g/mol. The van der Waals surface area contributed by atoms with Crippen LogP contribution in [0.4, 0.5) is 5.82 Å². The van der Waals surface area contributed by atoms with Crippen LogP contribution in [0, 0.1) is 13.8 Å². The lowest BCUT2D eigenvalue weighted by molar-refractivity contribution is -0.122. The Morgan fingerprint density at radius 2 is 1.83 bits per heavy atom. The Balaban J connectivity index is 1.99. The van der Waals surface area contributed by atoms with Gasteiger partial charge in [0.25, 0.3) is 0 Å². The highest BCUT2D eigenvalue weighted by molar-refractivity contribution is 8.00. The molecule has 0 fully saturated rings. The van der Waals surface area contributed by atoms with Crippen LogP contribution in [0.5, 0.6) is 0 Å². The molecule has 0 spiro atoms. The number of hydrogen-bond acceptors (Lipinski definition) is 4. The third-order valence-electron chi connectivity index (χ3n) is 6.30. The highest BCUT2D eigenvalue weighted by Crippen LogP contribution is 2.48. The fourth-order valence-electron chi connectivity index (χ4n) is 4.50. The van der Waals surface area contributed by atoms with Crippen LogP contribution in [0.25, 0.3) is 5.69 Å². The molecule has 0 radical (unpaired) electrons. The minimum absolute atomic E-state index is 0.0337. The van der Waals surface area contributed by atoms with E-state index in [1.807, 2.05) is 42.8 Å². The van der Waals surface area contributed by atoms with Gasteiger partial charge in [0.1, 0.15) is 12.4 Å². The zero-order valence-electron chi connectivity index (χ0n) is 22.1. The van der Waals surface area contributed by atoms with E-state index in [1.165, 1.54) is 5.56 Å². The number of benzene rings is 2. The molecule has 190 valence electrons. The van der Waals surface area contributed by atoms with Gasteiger partial charge >= 0.3 is 0 Å². The Morgan fingerprint density at radius 1 is 1.11 bits per heavy atom. The number of carbonyl (C=O) groups excluding carboxylic acids is 2. The topological polar surface area (TPSA) is 67.2 Å². The van der Waals surface area contributed by atoms with Crippen LogP contribution < -0.4 is 10.2 Å². The number of rotatable bonds is 6. The second-order valence-electron chi connectivity index (χ2n) is 10.5. The lowest BCUT2D eigenvalue weighted by atomic mass is 9.87. The third-order valence-corrected chi connectivity index (χ3v) is 7.55. The summed E-state index contributed by atoms with van der Waals surface area (Å²) < 4.78 is 1.87. The van der Waals surface area contributed by atoms with Crippen molar-refractivity contribution >= 4 is 29.4 Å². The average Bonchev–Trinajstić information content (AvgIpc) is 3.16. The maximum Gasteiger partial charge on any atom is 0.240 e. The fraction of sp³-hybridized carbons (Fsp3) is 0.414. The zero-order chi connectivity index (χ0) is 26.0. The molecule has 1 aromatic heterocycles. The largest absolute Gasteiger partial charge is 0.355 e. The molecule has 2 aromatic carbocycles. The van der Waals surface area contributed by atoms with Gasteiger partial charge in [0.05, 0.1) is 22.4 Å². The Kier molecular flexibility index (Phi) is 7.59. The summed E-state index contributed by atoms with van der Waals surface area (Å²) in [6.45, 7) is 13.1. The number of amides is 2. The second kappa shape index (κ2) is 10.5. The third kappa shape index (κ3) is 5.36. The van der Waals surface area contributed by atoms with Crippen molar-refractivity contribution in [1.82, 2.24) is 15.1 Å². The van der Waals surface area contributed by atoms with Crippen LogP contribution in [0.3, 0.4) is 0 Å². The molecule has 1 atom stereocenters. The number of hydrogen-bond donors (Lipinski definition) is 1. The molecule has 0 saturated carbocycles. The molecular formula is C29H36N4O2S. The van der Waals surface area contributed by atoms with E-state index in [-0.39, 0.29) is 34.8 Å². The summed E-state index contributed by atoms with van der Waals surface area (Å²) >= 11 is 1.61. The van der Waals surface area contributed by atoms with Gasteiger partial charge < -0.3 is 5.32 Å². The second-order valence-corrected chi connectivity index (χ2v) is 11.6. The van der Waals surface area contributed by atoms with Gasteiger partial charge in [-0.05, 0) is 38.0 Å². The predicted molar refractivity (Wildman–Crippen MR) is 148 cm³/mol. The van der Waals surface area contributed by atoms with Crippen molar-refractivity contribution in [3.05, 3.63) is 76.5 Å². The van der Waals surface area contributed by atoms with Gasteiger partial charge in [0.2, 0.25) is 11.8 Å². The number of anilines is 1. The van der Waals surface area contributed by atoms with Crippen molar-refractivity contribution in [2.45, 2.75) is 58.6 Å². The summed E-state index contributed by atoms with van der Waals surface area (Å²) in [4.78, 5) is 28.1. The van der Waals surface area contributed by atoms with Gasteiger partial charge in [0.15, 0.2) is 0 Å². The van der Waals surface area contributed by atoms with E-state index in [4.69, 9.17) is 5.10 Å². The standard InChI is InChI=1S/C29H36N4O2S/c1-7-15-30-23(34)17-32-24(35)18-36-26(21-10-8-9-20(3)16-21)25-27(29(4,5)6)31-33(28(25)32)22-13-11-19(2)12-14-22/h8-14,16,26H,7,15,17-18H2,1-6H3,(H,30,34). The number of aryl methyl sites for hydroxylation is 2. The van der Waals surface area contributed by atoms with Crippen molar-refractivity contribution in [2.24, 2.45) is 0 Å². The number of carbonyl (C=O) groups is 2. The molecule has 7 heteroatoms. The van der Waals surface area contributed by atoms with Gasteiger partial charge in [-0.25, -0.2) is 4.68 Å². The van der Waals surface area contributed by atoms with Crippen molar-refractivity contribution in [3.63, 3.8) is 0 Å². The molecule has 1 aliphatic rings. The number of nitrogens with one attached hydrogen (secondary N) is 1. The normalized spacial score (nSPS) is 16.0. The highest BCUT2D eigenvalue weighted by atomic mass is 32.2. The summed E-state index contributed by atoms with van der Waals surface area (Å²) in [5.41, 5.74) is 6.00. The molecule has 2 heterocycles. The minimum Gasteiger partial charge on any atom is -0.355 e. The van der Waals surface area contributed by atoms with Crippen LogP contribution in [0.2, 0.25) is 0 Å². The van der Waals surface area contributed by atoms with Gasteiger partial charge in [0, 0.05) is 17.5 Å². The number of thioether (sulfide) groups is 1. The summed E-state index contributed by atoms with van der Waals surface area (Å²) in [7, 11) is 0. The first kappa shape index (κ1) is 26.0. The molecule has 1 unspecified atom stereocenters. The molecule has 2 amide bonds. The van der Waals surface area contributed by atoms with Crippen molar-refractivity contribution in [2.75, 3.05) is 23.7 Å². The van der Waals surface area contributed by atoms with E-state index in [0.29, 0.717) is 12.4 Å². The van der Waals surface area contributed by atoms with Crippen molar-refractivity contribution in [1.29, 1.82) is 0 Å². The highest BCUT2D eigenvalue weighted by Gasteiger charge is 2.39. The van der Waals surface area contributed by atoms with E-state index < -0.39 is 0 Å². The molecule has 0 bridgehead atoms. The van der Waals surface area contributed by atoms with E-state index in [9.17, 15) is 9.59 Å². The molecular weight excluding hydrogens is 468 g/mol. The Morgan fingerprint density at radius 3 is 2.47 bits per heavy atom. The van der Waals surface area contributed by atoms with Gasteiger partial charge in [-0.15, -0.1) is 11.8 Å². The predicted octanol–water partition coefficient (Wildman–Crippen LogP) is 5.48. The van der Waals surface area contributed by atoms with Crippen LogP contribution in [-0.4, -0.2) is 40.4 Å². The lowest BCUT2D eigenvalue weighted by Gasteiger charge is -2.24. The van der Waals surface area contributed by atoms with E-state index in [0.717, 1.165) is 34.5 Å². The first-order valence-electron chi connectivity index (χ1n) is 12.6. The van der Waals surface area contributed by atoms with Crippen LogP contribution in [0.15, 0.2) is 48.5 Å². The van der Waals surface area contributed by atoms with Gasteiger partial charge in [-0.2, -0.15) is 5.10 Å². The van der Waals surface area contributed by atoms with E-state index in [1.54, 1.807) is 16.7 Å². The molecule has 1 aliphatic heterocycles. The number of nitrogens with zero attached hydrogens (tertiary/aromatic N) is 3. The first-order valence-corrected chi connectivity index (χ1v) is 13.6. The number of fused-ring (bicyclic) bond motifs is 1. The molecule has 0 aliphatic carbocycles.